The van der Waals surface area contributed by atoms with Crippen molar-refractivity contribution in [3.05, 3.63) is 129 Å². The Bertz CT molecular complexity index is 2260. The third-order valence-electron chi connectivity index (χ3n) is 17.7. The zero-order valence-corrected chi connectivity index (χ0v) is 42.9. The number of fused-ring (bicyclic) bond motifs is 6. The summed E-state index contributed by atoms with van der Waals surface area (Å²) in [4.78, 5) is 0. The molecule has 63 heavy (non-hydrogen) atoms. The van der Waals surface area contributed by atoms with E-state index in [-0.39, 0.29) is 24.1 Å². The van der Waals surface area contributed by atoms with E-state index in [0.29, 0.717) is 0 Å². The summed E-state index contributed by atoms with van der Waals surface area (Å²) in [5.41, 5.74) is 15.4. The summed E-state index contributed by atoms with van der Waals surface area (Å²) in [6.45, 7) is 6.63. The average molecular weight is 986 g/mol. The maximum atomic E-state index is 14.6. The van der Waals surface area contributed by atoms with Crippen molar-refractivity contribution in [2.45, 2.75) is 149 Å². The first-order chi connectivity index (χ1) is 30.2. The molecule has 3 atom stereocenters. The molecule has 0 N–H and O–H groups in total. The Hall–Kier alpha value is -2.17. The third kappa shape index (κ3) is 8.03. The van der Waals surface area contributed by atoms with Crippen LogP contribution in [-0.4, -0.2) is 12.1 Å². The van der Waals surface area contributed by atoms with Gasteiger partial charge in [-0.15, -0.1) is 0 Å². The normalized spacial score (nSPS) is 28.2. The average Bonchev–Trinajstić information content (AvgIpc) is 4.14. The molecule has 4 fully saturated rings. The van der Waals surface area contributed by atoms with E-state index < -0.39 is 34.1 Å². The fraction of sp³-hybridized carbons (Fsp3) is 0.500. The van der Waals surface area contributed by atoms with Crippen LogP contribution in [0.15, 0.2) is 96.1 Å². The predicted octanol–water partition coefficient (Wildman–Crippen LogP) is 17.7. The molecule has 6 aliphatic rings. The van der Waals surface area contributed by atoms with Crippen LogP contribution >= 0.6 is 17.0 Å². The van der Waals surface area contributed by atoms with Gasteiger partial charge in [0, 0.05) is 0 Å². The topological polar surface area (TPSA) is 0 Å². The summed E-state index contributed by atoms with van der Waals surface area (Å²) >= 11 is -5.72. The van der Waals surface area contributed by atoms with Gasteiger partial charge in [-0.3, -0.25) is 0 Å². The van der Waals surface area contributed by atoms with Crippen LogP contribution in [0.5, 0.6) is 0 Å². The zero-order chi connectivity index (χ0) is 43.8. The molecule has 4 saturated carbocycles. The van der Waals surface area contributed by atoms with E-state index in [1.54, 1.807) is 0 Å². The standard InChI is InChI=1S/2C26H29.C4H8F3Si.2ClH.Zr/c2*1-2-4-19-7-9-22(10-8-19)24-6-3-5-23-15-21(16-25(23)24)18-26-13-11-20(17-26)12-14-26;1-8-3-2-4(5,6)7;;;/h2*3,5-10,15-16,20H,2,4,11-14,17-18H2,1H3;8H,2-3H2,1H3;2*1H;/q;;;;;+2/p-2. The number of rotatable bonds is 15. The van der Waals surface area contributed by atoms with Gasteiger partial charge in [0.25, 0.3) is 0 Å². The monoisotopic (exact) mass is 983 g/mol. The van der Waals surface area contributed by atoms with Crippen LogP contribution in [0, 0.1) is 22.7 Å². The molecule has 0 radical (unpaired) electrons. The molecule has 4 aromatic rings. The quantitative estimate of drug-likeness (QED) is 0.104. The number of hydrogen-bond donors (Lipinski definition) is 0. The second-order valence-electron chi connectivity index (χ2n) is 21.7. The number of halogens is 5. The van der Waals surface area contributed by atoms with E-state index in [9.17, 15) is 30.2 Å². The molecule has 6 aliphatic carbocycles. The maximum absolute atomic E-state index is 14.6. The summed E-state index contributed by atoms with van der Waals surface area (Å²) in [6.07, 6.45) is 18.6. The second-order valence-corrected chi connectivity index (χ2v) is 63.1. The summed E-state index contributed by atoms with van der Waals surface area (Å²) < 4.78 is 43.4. The second kappa shape index (κ2) is 16.9. The summed E-state index contributed by atoms with van der Waals surface area (Å²) in [5.74, 6) is -0.988. The minimum absolute atomic E-state index is 0.0809. The minimum atomic E-state index is -5.72. The Morgan fingerprint density at radius 3 is 1.38 bits per heavy atom. The molecule has 0 spiro atoms. The van der Waals surface area contributed by atoms with Gasteiger partial charge in [-0.05, 0) is 0 Å². The molecule has 7 heteroatoms. The van der Waals surface area contributed by atoms with Gasteiger partial charge < -0.3 is 0 Å². The zero-order valence-electron chi connectivity index (χ0n) is 37.7. The summed E-state index contributed by atoms with van der Waals surface area (Å²) in [7, 11) is 18.4. The van der Waals surface area contributed by atoms with E-state index in [0.717, 1.165) is 50.4 Å². The third-order valence-corrected chi connectivity index (χ3v) is 67.9. The molecule has 4 bridgehead atoms. The Balaban J connectivity index is 1.19. The van der Waals surface area contributed by atoms with Gasteiger partial charge in [0.05, 0.1) is 0 Å². The molecule has 0 amide bonds. The van der Waals surface area contributed by atoms with Crippen LogP contribution in [0.2, 0.25) is 12.6 Å². The fourth-order valence-corrected chi connectivity index (χ4v) is 54.7. The number of allylic oxidation sites excluding steroid dienone is 2. The van der Waals surface area contributed by atoms with Gasteiger partial charge in [0.1, 0.15) is 0 Å². The summed E-state index contributed by atoms with van der Waals surface area (Å²) in [5, 5.41) is 0. The number of benzene rings is 4. The van der Waals surface area contributed by atoms with Gasteiger partial charge in [-0.2, -0.15) is 0 Å². The molecule has 0 nitrogen and oxygen atoms in total. The van der Waals surface area contributed by atoms with Crippen molar-refractivity contribution in [1.29, 1.82) is 0 Å². The van der Waals surface area contributed by atoms with Crippen LogP contribution in [0.1, 0.15) is 151 Å². The van der Waals surface area contributed by atoms with Crippen molar-refractivity contribution in [2.75, 3.05) is 0 Å². The van der Waals surface area contributed by atoms with Gasteiger partial charge in [-0.25, -0.2) is 0 Å². The van der Waals surface area contributed by atoms with Crippen molar-refractivity contribution in [2.24, 2.45) is 22.7 Å². The SMILES string of the molecule is CCCc1ccc(-c2cccc3c2C=C(CC24CCC(CC2)C4)[CH]3[Zr]([Cl])([Cl])([CH]2C(CC34CCC(CC3)C4)=Cc3c(-c4ccc(CCC)cc4)cccc32)[SiH](C)CCC(F)(F)F)cc1. The van der Waals surface area contributed by atoms with Gasteiger partial charge in [0.2, 0.25) is 0 Å². The Labute approximate surface area is 384 Å². The van der Waals surface area contributed by atoms with Crippen molar-refractivity contribution in [3.63, 3.8) is 0 Å². The fourth-order valence-electron chi connectivity index (χ4n) is 14.7. The van der Waals surface area contributed by atoms with Crippen LogP contribution in [0.3, 0.4) is 0 Å². The Kier molecular flexibility index (Phi) is 11.9. The molecule has 3 unspecified atom stereocenters. The van der Waals surface area contributed by atoms with Crippen LogP contribution in [0.4, 0.5) is 13.2 Å². The molecule has 10 rings (SSSR count). The van der Waals surface area contributed by atoms with Crippen molar-refractivity contribution < 1.29 is 28.7 Å². The first-order valence-corrected chi connectivity index (χ1v) is 40.7. The van der Waals surface area contributed by atoms with Gasteiger partial charge in [-0.1, -0.05) is 0 Å². The molecule has 4 aromatic carbocycles. The van der Waals surface area contributed by atoms with Crippen LogP contribution in [0.25, 0.3) is 34.4 Å². The van der Waals surface area contributed by atoms with Crippen LogP contribution < -0.4 is 0 Å². The van der Waals surface area contributed by atoms with E-state index in [4.69, 9.17) is 0 Å². The van der Waals surface area contributed by atoms with Gasteiger partial charge in [0.15, 0.2) is 0 Å². The molecule has 0 heterocycles. The van der Waals surface area contributed by atoms with Crippen molar-refractivity contribution in [3.8, 4) is 22.3 Å². The number of hydrogen-bond acceptors (Lipinski definition) is 0. The summed E-state index contributed by atoms with van der Waals surface area (Å²) in [6, 6.07) is 31.7. The van der Waals surface area contributed by atoms with E-state index >= 15 is 0 Å². The molecule has 0 aromatic heterocycles. The van der Waals surface area contributed by atoms with Crippen molar-refractivity contribution >= 4 is 35.1 Å². The molecule has 0 aliphatic heterocycles. The molecule has 0 saturated heterocycles. The van der Waals surface area contributed by atoms with E-state index in [1.807, 2.05) is 0 Å². The molecular weight excluding hydrogens is 920 g/mol. The van der Waals surface area contributed by atoms with Gasteiger partial charge >= 0.3 is 387 Å². The molecule has 333 valence electrons. The number of alkyl halides is 3. The Morgan fingerprint density at radius 1 is 0.619 bits per heavy atom. The van der Waals surface area contributed by atoms with E-state index in [1.165, 1.54) is 131 Å². The van der Waals surface area contributed by atoms with E-state index in [2.05, 4.69) is 117 Å². The molecular formula is C56H66Cl2F3SiZr. The number of aryl methyl sites for hydroxylation is 2. The van der Waals surface area contributed by atoms with Crippen LogP contribution in [-0.2, 0) is 28.4 Å². The first kappa shape index (κ1) is 44.7. The predicted molar refractivity (Wildman–Crippen MR) is 261 cm³/mol. The van der Waals surface area contributed by atoms with Crippen molar-refractivity contribution in [1.82, 2.24) is 0 Å². The Morgan fingerprint density at radius 2 is 1.03 bits per heavy atom. The first-order valence-electron chi connectivity index (χ1n) is 24.7.